The molecule has 0 spiro atoms. The lowest BCUT2D eigenvalue weighted by Crippen LogP contribution is -2.37. The Balaban J connectivity index is 2.24. The van der Waals surface area contributed by atoms with Crippen LogP contribution in [-0.4, -0.2) is 12.6 Å². The van der Waals surface area contributed by atoms with E-state index in [0.717, 1.165) is 0 Å². The summed E-state index contributed by atoms with van der Waals surface area (Å²) in [4.78, 5) is 0. The molecule has 0 aromatic heterocycles. The lowest BCUT2D eigenvalue weighted by atomic mass is 9.84. The van der Waals surface area contributed by atoms with Crippen LogP contribution in [0.3, 0.4) is 0 Å². The maximum absolute atomic E-state index is 3.56. The Hall–Kier alpha value is -0.820. The van der Waals surface area contributed by atoms with Gasteiger partial charge in [0.1, 0.15) is 0 Å². The van der Waals surface area contributed by atoms with Crippen LogP contribution in [0.2, 0.25) is 0 Å². The first-order chi connectivity index (χ1) is 7.18. The Morgan fingerprint density at radius 3 is 2.67 bits per heavy atom. The van der Waals surface area contributed by atoms with Crippen LogP contribution in [0.15, 0.2) is 18.2 Å². The van der Waals surface area contributed by atoms with Crippen molar-refractivity contribution in [2.24, 2.45) is 0 Å². The van der Waals surface area contributed by atoms with Crippen molar-refractivity contribution in [2.45, 2.75) is 45.6 Å². The fraction of sp³-hybridized carbons (Fsp3) is 0.571. The second kappa shape index (κ2) is 4.36. The Kier molecular flexibility index (Phi) is 3.11. The minimum Gasteiger partial charge on any atom is -0.314 e. The third-order valence-corrected chi connectivity index (χ3v) is 3.72. The SMILES string of the molecule is Cc1ccc([C@@H]2CCCN[C@@H]2C)cc1C. The molecule has 0 aliphatic carbocycles. The molecule has 1 N–H and O–H groups in total. The molecular weight excluding hydrogens is 182 g/mol. The van der Waals surface area contributed by atoms with E-state index in [9.17, 15) is 0 Å². The van der Waals surface area contributed by atoms with Crippen molar-refractivity contribution in [3.63, 3.8) is 0 Å². The van der Waals surface area contributed by atoms with Gasteiger partial charge in [-0.25, -0.2) is 0 Å². The molecule has 1 heteroatoms. The zero-order valence-electron chi connectivity index (χ0n) is 10.0. The van der Waals surface area contributed by atoms with E-state index >= 15 is 0 Å². The third-order valence-electron chi connectivity index (χ3n) is 3.72. The normalized spacial score (nSPS) is 26.6. The first-order valence-electron chi connectivity index (χ1n) is 5.99. The summed E-state index contributed by atoms with van der Waals surface area (Å²) < 4.78 is 0. The van der Waals surface area contributed by atoms with Crippen molar-refractivity contribution < 1.29 is 0 Å². The van der Waals surface area contributed by atoms with Gasteiger partial charge in [0.05, 0.1) is 0 Å². The van der Waals surface area contributed by atoms with Crippen molar-refractivity contribution >= 4 is 0 Å². The largest absolute Gasteiger partial charge is 0.314 e. The lowest BCUT2D eigenvalue weighted by molar-refractivity contribution is 0.371. The summed E-state index contributed by atoms with van der Waals surface area (Å²) in [6.07, 6.45) is 2.64. The maximum Gasteiger partial charge on any atom is 0.0107 e. The van der Waals surface area contributed by atoms with Crippen LogP contribution in [0.5, 0.6) is 0 Å². The monoisotopic (exact) mass is 203 g/mol. The molecule has 82 valence electrons. The van der Waals surface area contributed by atoms with Gasteiger partial charge >= 0.3 is 0 Å². The van der Waals surface area contributed by atoms with E-state index in [1.54, 1.807) is 0 Å². The minimum atomic E-state index is 0.626. The van der Waals surface area contributed by atoms with E-state index in [1.807, 2.05) is 0 Å². The maximum atomic E-state index is 3.56. The van der Waals surface area contributed by atoms with Gasteiger partial charge in [-0.1, -0.05) is 18.2 Å². The quantitative estimate of drug-likeness (QED) is 0.739. The van der Waals surface area contributed by atoms with Gasteiger partial charge in [0.25, 0.3) is 0 Å². The van der Waals surface area contributed by atoms with Crippen LogP contribution in [0.25, 0.3) is 0 Å². The van der Waals surface area contributed by atoms with Crippen molar-refractivity contribution in [1.82, 2.24) is 5.32 Å². The summed E-state index contributed by atoms with van der Waals surface area (Å²) in [5.74, 6) is 0.707. The van der Waals surface area contributed by atoms with Gasteiger partial charge in [-0.15, -0.1) is 0 Å². The van der Waals surface area contributed by atoms with E-state index in [-0.39, 0.29) is 0 Å². The number of benzene rings is 1. The Labute approximate surface area is 92.9 Å². The predicted octanol–water partition coefficient (Wildman–Crippen LogP) is 3.16. The average Bonchev–Trinajstić information content (AvgIpc) is 2.23. The number of aryl methyl sites for hydroxylation is 2. The van der Waals surface area contributed by atoms with E-state index in [4.69, 9.17) is 0 Å². The van der Waals surface area contributed by atoms with Crippen LogP contribution in [0.4, 0.5) is 0 Å². The van der Waals surface area contributed by atoms with Crippen molar-refractivity contribution in [3.05, 3.63) is 34.9 Å². The molecule has 1 aliphatic rings. The molecule has 1 saturated heterocycles. The fourth-order valence-electron chi connectivity index (χ4n) is 2.49. The van der Waals surface area contributed by atoms with Gasteiger partial charge in [0, 0.05) is 6.04 Å². The number of hydrogen-bond donors (Lipinski definition) is 1. The van der Waals surface area contributed by atoms with Gasteiger partial charge in [0.2, 0.25) is 0 Å². The van der Waals surface area contributed by atoms with Crippen LogP contribution in [-0.2, 0) is 0 Å². The molecular formula is C14H21N. The second-order valence-corrected chi connectivity index (χ2v) is 4.84. The summed E-state index contributed by atoms with van der Waals surface area (Å²) in [7, 11) is 0. The molecule has 0 saturated carbocycles. The molecule has 2 rings (SSSR count). The molecule has 0 amide bonds. The number of rotatable bonds is 1. The average molecular weight is 203 g/mol. The van der Waals surface area contributed by atoms with Crippen molar-refractivity contribution in [3.8, 4) is 0 Å². The van der Waals surface area contributed by atoms with E-state index in [1.165, 1.54) is 36.1 Å². The first kappa shape index (κ1) is 10.7. The number of nitrogens with one attached hydrogen (secondary N) is 1. The molecule has 0 bridgehead atoms. The molecule has 1 aliphatic heterocycles. The number of piperidine rings is 1. The Morgan fingerprint density at radius 1 is 1.20 bits per heavy atom. The molecule has 1 aromatic rings. The zero-order valence-corrected chi connectivity index (χ0v) is 10.0. The highest BCUT2D eigenvalue weighted by molar-refractivity contribution is 5.32. The predicted molar refractivity (Wildman–Crippen MR) is 65.4 cm³/mol. The van der Waals surface area contributed by atoms with Crippen LogP contribution < -0.4 is 5.32 Å². The fourth-order valence-corrected chi connectivity index (χ4v) is 2.49. The van der Waals surface area contributed by atoms with Crippen molar-refractivity contribution in [1.29, 1.82) is 0 Å². The van der Waals surface area contributed by atoms with Gasteiger partial charge in [-0.2, -0.15) is 0 Å². The molecule has 1 heterocycles. The lowest BCUT2D eigenvalue weighted by Gasteiger charge is -2.30. The molecule has 1 nitrogen and oxygen atoms in total. The summed E-state index contributed by atoms with van der Waals surface area (Å²) in [5, 5.41) is 3.56. The van der Waals surface area contributed by atoms with Crippen LogP contribution in [0, 0.1) is 13.8 Å². The Bertz CT molecular complexity index is 343. The zero-order chi connectivity index (χ0) is 10.8. The molecule has 0 unspecified atom stereocenters. The summed E-state index contributed by atoms with van der Waals surface area (Å²) in [5.41, 5.74) is 4.33. The van der Waals surface area contributed by atoms with Gasteiger partial charge in [-0.05, 0) is 62.8 Å². The van der Waals surface area contributed by atoms with Crippen LogP contribution >= 0.6 is 0 Å². The smallest absolute Gasteiger partial charge is 0.0107 e. The van der Waals surface area contributed by atoms with E-state index in [2.05, 4.69) is 44.3 Å². The van der Waals surface area contributed by atoms with Gasteiger partial charge in [-0.3, -0.25) is 0 Å². The first-order valence-corrected chi connectivity index (χ1v) is 5.99. The molecule has 1 aromatic carbocycles. The molecule has 15 heavy (non-hydrogen) atoms. The van der Waals surface area contributed by atoms with E-state index < -0.39 is 0 Å². The second-order valence-electron chi connectivity index (χ2n) is 4.84. The van der Waals surface area contributed by atoms with Crippen LogP contribution in [0.1, 0.15) is 42.4 Å². The Morgan fingerprint density at radius 2 is 2.00 bits per heavy atom. The number of hydrogen-bond acceptors (Lipinski definition) is 1. The minimum absolute atomic E-state index is 0.626. The highest BCUT2D eigenvalue weighted by atomic mass is 14.9. The highest BCUT2D eigenvalue weighted by Gasteiger charge is 2.22. The van der Waals surface area contributed by atoms with Gasteiger partial charge in [0.15, 0.2) is 0 Å². The van der Waals surface area contributed by atoms with Gasteiger partial charge < -0.3 is 5.32 Å². The molecule has 1 fully saturated rings. The summed E-state index contributed by atoms with van der Waals surface area (Å²) in [6, 6.07) is 7.55. The third kappa shape index (κ3) is 2.23. The molecule has 2 atom stereocenters. The summed E-state index contributed by atoms with van der Waals surface area (Å²) in [6.45, 7) is 7.88. The summed E-state index contributed by atoms with van der Waals surface area (Å²) >= 11 is 0. The standard InChI is InChI=1S/C14H21N/c1-10-6-7-13(9-11(10)2)14-5-4-8-15-12(14)3/h6-7,9,12,14-15H,4-5,8H2,1-3H3/t12-,14-/m1/s1. The van der Waals surface area contributed by atoms with E-state index in [0.29, 0.717) is 12.0 Å². The molecule has 0 radical (unpaired) electrons. The highest BCUT2D eigenvalue weighted by Crippen LogP contribution is 2.28. The van der Waals surface area contributed by atoms with Crippen molar-refractivity contribution in [2.75, 3.05) is 6.54 Å². The topological polar surface area (TPSA) is 12.0 Å².